The Hall–Kier alpha value is -3.36. The summed E-state index contributed by atoms with van der Waals surface area (Å²) in [6.07, 6.45) is 1.88. The van der Waals surface area contributed by atoms with Gasteiger partial charge in [0.25, 0.3) is 0 Å². The van der Waals surface area contributed by atoms with Crippen molar-refractivity contribution in [2.75, 3.05) is 19.8 Å². The summed E-state index contributed by atoms with van der Waals surface area (Å²) in [7, 11) is 0. The van der Waals surface area contributed by atoms with Gasteiger partial charge in [0.1, 0.15) is 12.4 Å². The molecule has 0 aromatic heterocycles. The summed E-state index contributed by atoms with van der Waals surface area (Å²) in [6, 6.07) is 6.91. The molecule has 1 aromatic rings. The first-order valence-corrected chi connectivity index (χ1v) is 10.5. The SMILES string of the molecule is C=C(C)C(=O)OCCNC(=O)OCCc1ccc(OC(=O)[C@H]2CC[C@H](C(=O)O)CC2)cc1. The van der Waals surface area contributed by atoms with E-state index in [2.05, 4.69) is 11.9 Å². The van der Waals surface area contributed by atoms with Gasteiger partial charge in [0.15, 0.2) is 0 Å². The van der Waals surface area contributed by atoms with Crippen molar-refractivity contribution in [1.29, 1.82) is 0 Å². The number of carbonyl (C=O) groups is 4. The summed E-state index contributed by atoms with van der Waals surface area (Å²) in [4.78, 5) is 46.1. The lowest BCUT2D eigenvalue weighted by atomic mass is 9.82. The lowest BCUT2D eigenvalue weighted by Gasteiger charge is -2.24. The van der Waals surface area contributed by atoms with Crippen molar-refractivity contribution in [1.82, 2.24) is 5.32 Å². The van der Waals surface area contributed by atoms with Crippen LogP contribution in [0.25, 0.3) is 0 Å². The van der Waals surface area contributed by atoms with Gasteiger partial charge in [0, 0.05) is 12.0 Å². The number of ether oxygens (including phenoxy) is 3. The highest BCUT2D eigenvalue weighted by Crippen LogP contribution is 2.30. The van der Waals surface area contributed by atoms with Gasteiger partial charge >= 0.3 is 24.0 Å². The first kappa shape index (κ1) is 24.9. The van der Waals surface area contributed by atoms with Crippen LogP contribution in [0.5, 0.6) is 5.75 Å². The van der Waals surface area contributed by atoms with Crippen LogP contribution in [0.4, 0.5) is 4.79 Å². The maximum Gasteiger partial charge on any atom is 0.407 e. The molecule has 1 saturated carbocycles. The quantitative estimate of drug-likeness (QED) is 0.242. The summed E-state index contributed by atoms with van der Waals surface area (Å²) in [5, 5.41) is 11.5. The highest BCUT2D eigenvalue weighted by molar-refractivity contribution is 5.86. The molecule has 0 spiro atoms. The monoisotopic (exact) mass is 447 g/mol. The third-order valence-electron chi connectivity index (χ3n) is 5.13. The van der Waals surface area contributed by atoms with Crippen LogP contribution < -0.4 is 10.1 Å². The van der Waals surface area contributed by atoms with E-state index < -0.39 is 18.0 Å². The second-order valence-electron chi connectivity index (χ2n) is 7.68. The number of hydrogen-bond acceptors (Lipinski definition) is 7. The zero-order valence-corrected chi connectivity index (χ0v) is 18.1. The Kier molecular flexibility index (Phi) is 9.72. The van der Waals surface area contributed by atoms with Crippen LogP contribution in [0, 0.1) is 11.8 Å². The molecule has 1 aliphatic carbocycles. The Labute approximate surface area is 186 Å². The van der Waals surface area contributed by atoms with Crippen molar-refractivity contribution in [3.63, 3.8) is 0 Å². The molecular formula is C23H29NO8. The molecule has 1 aliphatic rings. The van der Waals surface area contributed by atoms with E-state index in [-0.39, 0.29) is 43.1 Å². The zero-order chi connectivity index (χ0) is 23.5. The van der Waals surface area contributed by atoms with Gasteiger partial charge < -0.3 is 24.6 Å². The first-order chi connectivity index (χ1) is 15.3. The Bertz CT molecular complexity index is 825. The molecule has 32 heavy (non-hydrogen) atoms. The minimum Gasteiger partial charge on any atom is -0.481 e. The molecule has 1 amide bonds. The number of carboxylic acids is 1. The van der Waals surface area contributed by atoms with E-state index in [1.807, 2.05) is 0 Å². The predicted molar refractivity (Wildman–Crippen MR) is 114 cm³/mol. The van der Waals surface area contributed by atoms with E-state index in [1.165, 1.54) is 6.92 Å². The Morgan fingerprint density at radius 1 is 1.00 bits per heavy atom. The predicted octanol–water partition coefficient (Wildman–Crippen LogP) is 2.87. The van der Waals surface area contributed by atoms with Gasteiger partial charge in [-0.25, -0.2) is 9.59 Å². The molecule has 1 fully saturated rings. The van der Waals surface area contributed by atoms with Crippen LogP contribution in [0.2, 0.25) is 0 Å². The van der Waals surface area contributed by atoms with Crippen LogP contribution in [-0.4, -0.2) is 48.9 Å². The normalized spacial score (nSPS) is 17.7. The number of hydrogen-bond donors (Lipinski definition) is 2. The van der Waals surface area contributed by atoms with E-state index in [9.17, 15) is 19.2 Å². The summed E-state index contributed by atoms with van der Waals surface area (Å²) in [5.41, 5.74) is 1.19. The van der Waals surface area contributed by atoms with E-state index in [1.54, 1.807) is 24.3 Å². The highest BCUT2D eigenvalue weighted by Gasteiger charge is 2.30. The van der Waals surface area contributed by atoms with E-state index in [0.717, 1.165) is 5.56 Å². The molecule has 0 saturated heterocycles. The molecule has 0 atom stereocenters. The minimum absolute atomic E-state index is 0.0297. The van der Waals surface area contributed by atoms with Crippen LogP contribution in [0.1, 0.15) is 38.2 Å². The van der Waals surface area contributed by atoms with Crippen molar-refractivity contribution >= 4 is 24.0 Å². The number of carbonyl (C=O) groups excluding carboxylic acids is 3. The largest absolute Gasteiger partial charge is 0.481 e. The Morgan fingerprint density at radius 2 is 1.62 bits per heavy atom. The summed E-state index contributed by atoms with van der Waals surface area (Å²) < 4.78 is 15.3. The fourth-order valence-corrected chi connectivity index (χ4v) is 3.23. The molecule has 2 N–H and O–H groups in total. The van der Waals surface area contributed by atoms with Gasteiger partial charge in [0.2, 0.25) is 0 Å². The van der Waals surface area contributed by atoms with E-state index in [0.29, 0.717) is 37.9 Å². The van der Waals surface area contributed by atoms with Gasteiger partial charge in [-0.05, 0) is 50.3 Å². The van der Waals surface area contributed by atoms with Crippen molar-refractivity contribution in [3.8, 4) is 5.75 Å². The molecule has 174 valence electrons. The molecule has 0 unspecified atom stereocenters. The average Bonchev–Trinajstić information content (AvgIpc) is 2.77. The molecule has 9 nitrogen and oxygen atoms in total. The molecule has 0 aliphatic heterocycles. The zero-order valence-electron chi connectivity index (χ0n) is 18.1. The maximum atomic E-state index is 12.3. The number of aliphatic carboxylic acids is 1. The fraction of sp³-hybridized carbons (Fsp3) is 0.478. The summed E-state index contributed by atoms with van der Waals surface area (Å²) in [6.45, 7) is 5.32. The summed E-state index contributed by atoms with van der Waals surface area (Å²) in [5.74, 6) is -1.89. The number of carboxylic acid groups (broad SMARTS) is 1. The van der Waals surface area contributed by atoms with Crippen molar-refractivity contribution in [2.24, 2.45) is 11.8 Å². The minimum atomic E-state index is -0.807. The van der Waals surface area contributed by atoms with Crippen LogP contribution in [0.15, 0.2) is 36.4 Å². The second-order valence-corrected chi connectivity index (χ2v) is 7.68. The fourth-order valence-electron chi connectivity index (χ4n) is 3.23. The number of amides is 1. The van der Waals surface area contributed by atoms with Gasteiger partial charge in [0.05, 0.1) is 25.0 Å². The molecule has 0 heterocycles. The van der Waals surface area contributed by atoms with Crippen molar-refractivity contribution in [3.05, 3.63) is 42.0 Å². The van der Waals surface area contributed by atoms with E-state index >= 15 is 0 Å². The second kappa shape index (κ2) is 12.5. The number of alkyl carbamates (subject to hydrolysis) is 1. The van der Waals surface area contributed by atoms with Crippen LogP contribution in [-0.2, 0) is 30.3 Å². The molecular weight excluding hydrogens is 418 g/mol. The lowest BCUT2D eigenvalue weighted by molar-refractivity contribution is -0.146. The number of benzene rings is 1. The molecule has 9 heteroatoms. The third-order valence-corrected chi connectivity index (χ3v) is 5.13. The van der Waals surface area contributed by atoms with Gasteiger partial charge in [-0.3, -0.25) is 9.59 Å². The average molecular weight is 447 g/mol. The maximum absolute atomic E-state index is 12.3. The number of rotatable bonds is 10. The molecule has 0 radical (unpaired) electrons. The van der Waals surface area contributed by atoms with Crippen molar-refractivity contribution in [2.45, 2.75) is 39.0 Å². The molecule has 0 bridgehead atoms. The third kappa shape index (κ3) is 8.41. The molecule has 1 aromatic carbocycles. The standard InChI is InChI=1S/C23H29NO8/c1-15(2)21(27)30-14-12-24-23(29)31-13-11-16-3-9-19(10-4-16)32-22(28)18-7-5-17(6-8-18)20(25)26/h3-4,9-10,17-18H,1,5-8,11-14H2,2H3,(H,24,29)(H,25,26)/t17-,18-. The van der Waals surface area contributed by atoms with Crippen LogP contribution >= 0.6 is 0 Å². The topological polar surface area (TPSA) is 128 Å². The molecule has 2 rings (SSSR count). The first-order valence-electron chi connectivity index (χ1n) is 10.5. The van der Waals surface area contributed by atoms with Gasteiger partial charge in [-0.1, -0.05) is 18.7 Å². The summed E-state index contributed by atoms with van der Waals surface area (Å²) >= 11 is 0. The Balaban J connectivity index is 1.64. The number of esters is 2. The lowest BCUT2D eigenvalue weighted by Crippen LogP contribution is -2.29. The van der Waals surface area contributed by atoms with Gasteiger partial charge in [-0.15, -0.1) is 0 Å². The Morgan fingerprint density at radius 3 is 2.22 bits per heavy atom. The highest BCUT2D eigenvalue weighted by atomic mass is 16.6. The van der Waals surface area contributed by atoms with E-state index in [4.69, 9.17) is 19.3 Å². The van der Waals surface area contributed by atoms with Crippen LogP contribution in [0.3, 0.4) is 0 Å². The number of nitrogens with one attached hydrogen (secondary N) is 1. The smallest absolute Gasteiger partial charge is 0.407 e. The van der Waals surface area contributed by atoms with Crippen molar-refractivity contribution < 1.29 is 38.5 Å². The van der Waals surface area contributed by atoms with Gasteiger partial charge in [-0.2, -0.15) is 0 Å².